The maximum atomic E-state index is 11.8. The molecule has 2 aromatic rings. The maximum absolute atomic E-state index is 11.8. The average Bonchev–Trinajstić information content (AvgIpc) is 2.83. The second kappa shape index (κ2) is 4.01. The van der Waals surface area contributed by atoms with Gasteiger partial charge < -0.3 is 5.32 Å². The zero-order valence-electron chi connectivity index (χ0n) is 9.18. The summed E-state index contributed by atoms with van der Waals surface area (Å²) in [5.74, 6) is -0.200. The number of nitrogens with zero attached hydrogens (tertiary/aromatic N) is 4. The Morgan fingerprint density at radius 3 is 2.75 bits per heavy atom. The van der Waals surface area contributed by atoms with Crippen LogP contribution in [0.2, 0.25) is 0 Å². The van der Waals surface area contributed by atoms with Crippen molar-refractivity contribution >= 4 is 23.1 Å². The molecule has 2 rings (SSSR count). The summed E-state index contributed by atoms with van der Waals surface area (Å²) < 4.78 is 5.38. The number of hydrogen-bond donors (Lipinski definition) is 1. The van der Waals surface area contributed by atoms with Crippen LogP contribution >= 0.6 is 11.5 Å². The van der Waals surface area contributed by atoms with Crippen molar-refractivity contribution in [1.29, 1.82) is 0 Å². The molecule has 0 saturated carbocycles. The van der Waals surface area contributed by atoms with E-state index in [0.717, 1.165) is 28.6 Å². The predicted molar refractivity (Wildman–Crippen MR) is 60.5 cm³/mol. The van der Waals surface area contributed by atoms with Crippen LogP contribution in [0.4, 0.5) is 5.69 Å². The number of carbonyl (C=O) groups excluding carboxylic acids is 1. The highest BCUT2D eigenvalue weighted by Gasteiger charge is 2.14. The van der Waals surface area contributed by atoms with E-state index in [1.807, 2.05) is 20.9 Å². The molecule has 0 fully saturated rings. The Balaban J connectivity index is 2.25. The van der Waals surface area contributed by atoms with Crippen molar-refractivity contribution in [1.82, 2.24) is 19.4 Å². The van der Waals surface area contributed by atoms with Crippen LogP contribution in [0.5, 0.6) is 0 Å². The van der Waals surface area contributed by atoms with Gasteiger partial charge in [-0.15, -0.1) is 5.10 Å². The number of anilines is 1. The van der Waals surface area contributed by atoms with E-state index in [2.05, 4.69) is 20.0 Å². The summed E-state index contributed by atoms with van der Waals surface area (Å²) in [5, 5.41) is 10.7. The molecular formula is C9H11N5OS. The van der Waals surface area contributed by atoms with E-state index in [9.17, 15) is 4.79 Å². The number of rotatable bonds is 2. The van der Waals surface area contributed by atoms with Crippen molar-refractivity contribution in [3.05, 3.63) is 22.5 Å². The molecule has 0 bridgehead atoms. The molecule has 0 spiro atoms. The zero-order valence-corrected chi connectivity index (χ0v) is 10.00. The Morgan fingerprint density at radius 1 is 1.50 bits per heavy atom. The molecule has 0 aliphatic heterocycles. The lowest BCUT2D eigenvalue weighted by atomic mass is 10.3. The van der Waals surface area contributed by atoms with E-state index >= 15 is 0 Å². The van der Waals surface area contributed by atoms with Gasteiger partial charge in [0.2, 0.25) is 0 Å². The summed E-state index contributed by atoms with van der Waals surface area (Å²) in [6.45, 7) is 3.76. The van der Waals surface area contributed by atoms with Crippen molar-refractivity contribution in [2.24, 2.45) is 7.05 Å². The van der Waals surface area contributed by atoms with Crippen LogP contribution in [0.25, 0.3) is 0 Å². The van der Waals surface area contributed by atoms with Crippen molar-refractivity contribution in [2.45, 2.75) is 13.8 Å². The van der Waals surface area contributed by atoms with Crippen LogP contribution in [-0.2, 0) is 7.05 Å². The standard InChI is InChI=1S/C9H11N5OS/c1-5-8(6(2)14(3)12-5)11-9(15)7-4-10-13-16-7/h4H,1-3H3,(H,11,15). The lowest BCUT2D eigenvalue weighted by Crippen LogP contribution is -2.11. The van der Waals surface area contributed by atoms with Gasteiger partial charge in [-0.05, 0) is 25.4 Å². The number of aryl methyl sites for hydroxylation is 2. The fourth-order valence-electron chi connectivity index (χ4n) is 1.40. The molecule has 0 aliphatic rings. The first kappa shape index (κ1) is 10.7. The SMILES string of the molecule is Cc1nn(C)c(C)c1NC(=O)c1cnns1. The van der Waals surface area contributed by atoms with Crippen LogP contribution in [0.3, 0.4) is 0 Å². The number of hydrogen-bond acceptors (Lipinski definition) is 5. The van der Waals surface area contributed by atoms with Gasteiger partial charge in [0.15, 0.2) is 0 Å². The summed E-state index contributed by atoms with van der Waals surface area (Å²) in [6.07, 6.45) is 1.45. The molecule has 2 heterocycles. The highest BCUT2D eigenvalue weighted by Crippen LogP contribution is 2.19. The largest absolute Gasteiger partial charge is 0.318 e. The Kier molecular flexibility index (Phi) is 2.69. The topological polar surface area (TPSA) is 72.7 Å². The van der Waals surface area contributed by atoms with Crippen LogP contribution in [0.1, 0.15) is 21.1 Å². The Bertz CT molecular complexity index is 516. The van der Waals surface area contributed by atoms with Gasteiger partial charge in [-0.1, -0.05) is 4.49 Å². The van der Waals surface area contributed by atoms with E-state index in [4.69, 9.17) is 0 Å². The van der Waals surface area contributed by atoms with Crippen molar-refractivity contribution in [3.63, 3.8) is 0 Å². The van der Waals surface area contributed by atoms with Crippen LogP contribution in [0.15, 0.2) is 6.20 Å². The summed E-state index contributed by atoms with van der Waals surface area (Å²) >= 11 is 1.07. The molecule has 0 saturated heterocycles. The van der Waals surface area contributed by atoms with E-state index in [1.165, 1.54) is 6.20 Å². The molecule has 0 unspecified atom stereocenters. The normalized spacial score (nSPS) is 10.4. The minimum Gasteiger partial charge on any atom is -0.318 e. The molecule has 0 aromatic carbocycles. The first-order valence-corrected chi connectivity index (χ1v) is 5.46. The van der Waals surface area contributed by atoms with Crippen LogP contribution in [-0.4, -0.2) is 25.3 Å². The van der Waals surface area contributed by atoms with Crippen molar-refractivity contribution in [3.8, 4) is 0 Å². The molecule has 1 N–H and O–H groups in total. The van der Waals surface area contributed by atoms with Crippen molar-refractivity contribution in [2.75, 3.05) is 5.32 Å². The second-order valence-corrected chi connectivity index (χ2v) is 4.19. The second-order valence-electron chi connectivity index (χ2n) is 3.41. The maximum Gasteiger partial charge on any atom is 0.269 e. The van der Waals surface area contributed by atoms with Gasteiger partial charge >= 0.3 is 0 Å². The van der Waals surface area contributed by atoms with Gasteiger partial charge in [0, 0.05) is 7.05 Å². The summed E-state index contributed by atoms with van der Waals surface area (Å²) in [6, 6.07) is 0. The number of amides is 1. The Hall–Kier alpha value is -1.76. The molecule has 1 amide bonds. The first-order valence-electron chi connectivity index (χ1n) is 4.68. The summed E-state index contributed by atoms with van der Waals surface area (Å²) in [5.41, 5.74) is 2.47. The Labute approximate surface area is 96.5 Å². The number of aromatic nitrogens is 4. The molecular weight excluding hydrogens is 226 g/mol. The highest BCUT2D eigenvalue weighted by molar-refractivity contribution is 7.07. The third kappa shape index (κ3) is 1.81. The average molecular weight is 237 g/mol. The molecule has 7 heteroatoms. The fourth-order valence-corrected chi connectivity index (χ4v) is 1.81. The third-order valence-electron chi connectivity index (χ3n) is 2.33. The van der Waals surface area contributed by atoms with Gasteiger partial charge in [-0.3, -0.25) is 9.48 Å². The monoisotopic (exact) mass is 237 g/mol. The number of carbonyl (C=O) groups is 1. The van der Waals surface area contributed by atoms with Crippen LogP contribution < -0.4 is 5.32 Å². The predicted octanol–water partition coefficient (Wildman–Crippen LogP) is 1.14. The third-order valence-corrected chi connectivity index (χ3v) is 3.00. The summed E-state index contributed by atoms with van der Waals surface area (Å²) in [7, 11) is 1.84. The van der Waals surface area contributed by atoms with E-state index in [1.54, 1.807) is 4.68 Å². The van der Waals surface area contributed by atoms with Gasteiger partial charge in [0.25, 0.3) is 5.91 Å². The Morgan fingerprint density at radius 2 is 2.25 bits per heavy atom. The lowest BCUT2D eigenvalue weighted by molar-refractivity contribution is 0.103. The van der Waals surface area contributed by atoms with E-state index in [0.29, 0.717) is 4.88 Å². The van der Waals surface area contributed by atoms with Crippen molar-refractivity contribution < 1.29 is 4.79 Å². The molecule has 0 atom stereocenters. The quantitative estimate of drug-likeness (QED) is 0.850. The lowest BCUT2D eigenvalue weighted by Gasteiger charge is -2.02. The van der Waals surface area contributed by atoms with E-state index in [-0.39, 0.29) is 5.91 Å². The van der Waals surface area contributed by atoms with E-state index < -0.39 is 0 Å². The van der Waals surface area contributed by atoms with Gasteiger partial charge in [-0.2, -0.15) is 5.10 Å². The smallest absolute Gasteiger partial charge is 0.269 e. The minimum absolute atomic E-state index is 0.200. The minimum atomic E-state index is -0.200. The highest BCUT2D eigenvalue weighted by atomic mass is 32.1. The van der Waals surface area contributed by atoms with Gasteiger partial charge in [0.05, 0.1) is 23.3 Å². The van der Waals surface area contributed by atoms with Gasteiger partial charge in [0.1, 0.15) is 4.88 Å². The molecule has 0 radical (unpaired) electrons. The van der Waals surface area contributed by atoms with Crippen LogP contribution in [0, 0.1) is 13.8 Å². The molecule has 6 nitrogen and oxygen atoms in total. The van der Waals surface area contributed by atoms with Gasteiger partial charge in [-0.25, -0.2) is 0 Å². The summed E-state index contributed by atoms with van der Waals surface area (Å²) in [4.78, 5) is 12.3. The molecule has 84 valence electrons. The molecule has 16 heavy (non-hydrogen) atoms. The molecule has 2 aromatic heterocycles. The fraction of sp³-hybridized carbons (Fsp3) is 0.333. The first-order chi connectivity index (χ1) is 7.59. The molecule has 0 aliphatic carbocycles. The number of nitrogens with one attached hydrogen (secondary N) is 1. The zero-order chi connectivity index (χ0) is 11.7.